The summed E-state index contributed by atoms with van der Waals surface area (Å²) in [4.78, 5) is 27.2. The van der Waals surface area contributed by atoms with Gasteiger partial charge in [0, 0.05) is 17.1 Å². The molecule has 0 unspecified atom stereocenters. The number of aryl methyl sites for hydroxylation is 1. The minimum Gasteiger partial charge on any atom is -0.490 e. The zero-order valence-corrected chi connectivity index (χ0v) is 23.3. The summed E-state index contributed by atoms with van der Waals surface area (Å²) in [5.41, 5.74) is 4.29. The normalized spacial score (nSPS) is 14.1. The Morgan fingerprint density at radius 2 is 1.65 bits per heavy atom. The van der Waals surface area contributed by atoms with Crippen LogP contribution in [0.15, 0.2) is 83.8 Å². The summed E-state index contributed by atoms with van der Waals surface area (Å²) < 4.78 is 13.6. The van der Waals surface area contributed by atoms with Crippen LogP contribution in [0.5, 0.6) is 17.2 Å². The van der Waals surface area contributed by atoms with Crippen LogP contribution in [0.2, 0.25) is 5.02 Å². The van der Waals surface area contributed by atoms with Gasteiger partial charge in [-0.1, -0.05) is 23.7 Å². The molecule has 0 spiro atoms. The van der Waals surface area contributed by atoms with Crippen molar-refractivity contribution in [2.24, 2.45) is 0 Å². The number of hydrogen-bond donors (Lipinski definition) is 0. The maximum absolute atomic E-state index is 13.0. The van der Waals surface area contributed by atoms with Gasteiger partial charge in [-0.3, -0.25) is 14.5 Å². The van der Waals surface area contributed by atoms with E-state index >= 15 is 0 Å². The first-order valence-electron chi connectivity index (χ1n) is 12.4. The Kier molecular flexibility index (Phi) is 7.96. The number of benzene rings is 3. The summed E-state index contributed by atoms with van der Waals surface area (Å²) in [5, 5.41) is 9.10. The molecule has 2 heterocycles. The van der Waals surface area contributed by atoms with Crippen LogP contribution in [0.4, 0.5) is 4.79 Å². The molecule has 7 nitrogen and oxygen atoms in total. The Morgan fingerprint density at radius 1 is 0.975 bits per heavy atom. The van der Waals surface area contributed by atoms with Crippen molar-refractivity contribution < 1.29 is 19.1 Å². The molecular formula is C31H24ClN3O4S. The van der Waals surface area contributed by atoms with Crippen LogP contribution in [0.25, 0.3) is 11.8 Å². The number of thioether (sulfide) groups is 1. The highest BCUT2D eigenvalue weighted by atomic mass is 35.5. The van der Waals surface area contributed by atoms with Gasteiger partial charge in [0.1, 0.15) is 23.9 Å². The molecule has 5 rings (SSSR count). The number of imide groups is 1. The van der Waals surface area contributed by atoms with Crippen LogP contribution >= 0.6 is 23.4 Å². The molecule has 40 heavy (non-hydrogen) atoms. The lowest BCUT2D eigenvalue weighted by molar-refractivity contribution is -0.123. The number of para-hydroxylation sites is 1. The van der Waals surface area contributed by atoms with Crippen LogP contribution < -0.4 is 9.47 Å². The molecular weight excluding hydrogens is 546 g/mol. The van der Waals surface area contributed by atoms with Gasteiger partial charge in [-0.05, 0) is 104 Å². The monoisotopic (exact) mass is 569 g/mol. The highest BCUT2D eigenvalue weighted by Gasteiger charge is 2.35. The van der Waals surface area contributed by atoms with E-state index in [1.54, 1.807) is 54.6 Å². The Hall–Kier alpha value is -4.45. The summed E-state index contributed by atoms with van der Waals surface area (Å²) in [6.07, 6.45) is 1.76. The van der Waals surface area contributed by atoms with E-state index in [9.17, 15) is 9.59 Å². The van der Waals surface area contributed by atoms with E-state index in [2.05, 4.69) is 10.6 Å². The highest BCUT2D eigenvalue weighted by Crippen LogP contribution is 2.34. The predicted molar refractivity (Wildman–Crippen MR) is 156 cm³/mol. The lowest BCUT2D eigenvalue weighted by atomic mass is 10.2. The van der Waals surface area contributed by atoms with Crippen LogP contribution in [0.1, 0.15) is 22.5 Å². The summed E-state index contributed by atoms with van der Waals surface area (Å²) in [7, 11) is 0. The minimum atomic E-state index is -0.341. The molecule has 1 saturated heterocycles. The number of nitrogens with zero attached hydrogens (tertiary/aromatic N) is 3. The van der Waals surface area contributed by atoms with Crippen molar-refractivity contribution in [3.05, 3.63) is 111 Å². The summed E-state index contributed by atoms with van der Waals surface area (Å²) >= 11 is 7.04. The van der Waals surface area contributed by atoms with Crippen molar-refractivity contribution in [2.75, 3.05) is 13.2 Å². The first-order valence-corrected chi connectivity index (χ1v) is 13.6. The number of nitriles is 1. The van der Waals surface area contributed by atoms with Gasteiger partial charge < -0.3 is 14.0 Å². The van der Waals surface area contributed by atoms with E-state index in [0.29, 0.717) is 32.7 Å². The van der Waals surface area contributed by atoms with Gasteiger partial charge in [-0.15, -0.1) is 0 Å². The topological polar surface area (TPSA) is 84.6 Å². The predicted octanol–water partition coefficient (Wildman–Crippen LogP) is 7.53. The molecule has 4 aromatic rings. The third-order valence-electron chi connectivity index (χ3n) is 6.35. The second-order valence-corrected chi connectivity index (χ2v) is 10.4. The van der Waals surface area contributed by atoms with Gasteiger partial charge in [0.25, 0.3) is 11.1 Å². The molecule has 200 valence electrons. The fourth-order valence-electron chi connectivity index (χ4n) is 4.37. The van der Waals surface area contributed by atoms with Crippen LogP contribution in [0.3, 0.4) is 0 Å². The SMILES string of the molecule is Cc1cc(/C=C2\SC(=O)N(CCOc3ccccc3Cl)C2=O)c(C)n1-c1ccc(Oc2ccc(C#N)cc2)cc1. The van der Waals surface area contributed by atoms with E-state index in [1.807, 2.05) is 44.2 Å². The largest absolute Gasteiger partial charge is 0.490 e. The van der Waals surface area contributed by atoms with Crippen molar-refractivity contribution in [1.29, 1.82) is 5.26 Å². The summed E-state index contributed by atoms with van der Waals surface area (Å²) in [5.74, 6) is 1.48. The molecule has 3 aromatic carbocycles. The molecule has 9 heteroatoms. The lowest BCUT2D eigenvalue weighted by Crippen LogP contribution is -2.32. The first kappa shape index (κ1) is 27.1. The van der Waals surface area contributed by atoms with Crippen molar-refractivity contribution >= 4 is 40.6 Å². The molecule has 1 aromatic heterocycles. The number of rotatable bonds is 8. The molecule has 0 bridgehead atoms. The zero-order valence-electron chi connectivity index (χ0n) is 21.8. The molecule has 0 radical (unpaired) electrons. The number of halogens is 1. The third kappa shape index (κ3) is 5.76. The van der Waals surface area contributed by atoms with Gasteiger partial charge in [0.05, 0.1) is 28.1 Å². The van der Waals surface area contributed by atoms with E-state index in [4.69, 9.17) is 26.3 Å². The lowest BCUT2D eigenvalue weighted by Gasteiger charge is -2.13. The van der Waals surface area contributed by atoms with Crippen molar-refractivity contribution in [3.63, 3.8) is 0 Å². The number of ether oxygens (including phenoxy) is 2. The van der Waals surface area contributed by atoms with E-state index in [1.165, 1.54) is 4.90 Å². The maximum Gasteiger partial charge on any atom is 0.293 e. The summed E-state index contributed by atoms with van der Waals surface area (Å²) in [6, 6.07) is 25.7. The van der Waals surface area contributed by atoms with Gasteiger partial charge in [-0.25, -0.2) is 0 Å². The number of carbonyl (C=O) groups is 2. The number of amides is 2. The fourth-order valence-corrected chi connectivity index (χ4v) is 5.42. The van der Waals surface area contributed by atoms with Crippen LogP contribution in [-0.4, -0.2) is 33.8 Å². The third-order valence-corrected chi connectivity index (χ3v) is 7.57. The molecule has 0 saturated carbocycles. The Bertz CT molecular complexity index is 1650. The standard InChI is InChI=1S/C31H24ClN3O4S/c1-20-17-23(18-29-30(36)34(31(37)40-29)15-16-38-28-6-4-3-5-27(28)32)21(2)35(20)24-9-13-26(14-10-24)39-25-11-7-22(19-33)8-12-25/h3-14,17-18H,15-16H2,1-2H3/b29-18-. The average Bonchev–Trinajstić information content (AvgIpc) is 3.39. The van der Waals surface area contributed by atoms with Gasteiger partial charge >= 0.3 is 0 Å². The molecule has 1 fully saturated rings. The smallest absolute Gasteiger partial charge is 0.293 e. The van der Waals surface area contributed by atoms with Crippen LogP contribution in [0, 0.1) is 25.2 Å². The van der Waals surface area contributed by atoms with Crippen molar-refractivity contribution in [3.8, 4) is 29.0 Å². The van der Waals surface area contributed by atoms with Gasteiger partial charge in [0.15, 0.2) is 0 Å². The highest BCUT2D eigenvalue weighted by molar-refractivity contribution is 8.18. The van der Waals surface area contributed by atoms with E-state index < -0.39 is 0 Å². The van der Waals surface area contributed by atoms with Crippen molar-refractivity contribution in [1.82, 2.24) is 9.47 Å². The number of aromatic nitrogens is 1. The quantitative estimate of drug-likeness (QED) is 0.204. The number of carbonyl (C=O) groups excluding carboxylic acids is 2. The molecule has 0 atom stereocenters. The fraction of sp³-hybridized carbons (Fsp3) is 0.129. The van der Waals surface area contributed by atoms with E-state index in [0.717, 1.165) is 34.4 Å². The van der Waals surface area contributed by atoms with Gasteiger partial charge in [-0.2, -0.15) is 5.26 Å². The van der Waals surface area contributed by atoms with Crippen LogP contribution in [-0.2, 0) is 4.79 Å². The molecule has 2 amide bonds. The second-order valence-electron chi connectivity index (χ2n) is 9.01. The van der Waals surface area contributed by atoms with Crippen molar-refractivity contribution in [2.45, 2.75) is 13.8 Å². The molecule has 0 aliphatic carbocycles. The Morgan fingerprint density at radius 3 is 2.33 bits per heavy atom. The first-order chi connectivity index (χ1) is 19.3. The zero-order chi connectivity index (χ0) is 28.2. The number of hydrogen-bond acceptors (Lipinski definition) is 6. The Balaban J connectivity index is 1.28. The molecule has 1 aliphatic rings. The Labute approximate surface area is 241 Å². The summed E-state index contributed by atoms with van der Waals surface area (Å²) in [6.45, 7) is 4.24. The second kappa shape index (κ2) is 11.7. The maximum atomic E-state index is 13.0. The minimum absolute atomic E-state index is 0.128. The van der Waals surface area contributed by atoms with E-state index in [-0.39, 0.29) is 24.3 Å². The average molecular weight is 570 g/mol. The molecule has 0 N–H and O–H groups in total. The molecule has 1 aliphatic heterocycles. The van der Waals surface area contributed by atoms with Gasteiger partial charge in [0.2, 0.25) is 0 Å².